The van der Waals surface area contributed by atoms with Crippen molar-refractivity contribution in [2.75, 3.05) is 36.5 Å². The smallest absolute Gasteiger partial charge is 0.134 e. The lowest BCUT2D eigenvalue weighted by atomic mass is 9.99. The molecule has 19 heavy (non-hydrogen) atoms. The van der Waals surface area contributed by atoms with Crippen molar-refractivity contribution in [3.63, 3.8) is 0 Å². The van der Waals surface area contributed by atoms with E-state index in [-0.39, 0.29) is 0 Å². The van der Waals surface area contributed by atoms with Crippen LogP contribution in [0.25, 0.3) is 0 Å². The van der Waals surface area contributed by atoms with Crippen molar-refractivity contribution in [1.82, 2.24) is 9.97 Å². The van der Waals surface area contributed by atoms with Crippen molar-refractivity contribution in [2.45, 2.75) is 26.2 Å². The Kier molecular flexibility index (Phi) is 4.56. The minimum atomic E-state index is 0.511. The number of nitrogens with zero attached hydrogens (tertiary/aromatic N) is 5. The lowest BCUT2D eigenvalue weighted by molar-refractivity contribution is 0.436. The summed E-state index contributed by atoms with van der Waals surface area (Å²) in [4.78, 5) is 13.0. The molecule has 0 atom stereocenters. The molecule has 1 saturated heterocycles. The summed E-state index contributed by atoms with van der Waals surface area (Å²) in [7, 11) is 1.96. The van der Waals surface area contributed by atoms with Gasteiger partial charge in [-0.15, -0.1) is 0 Å². The van der Waals surface area contributed by atoms with Crippen molar-refractivity contribution in [2.24, 2.45) is 5.92 Å². The lowest BCUT2D eigenvalue weighted by Crippen LogP contribution is -2.33. The van der Waals surface area contributed by atoms with Crippen LogP contribution in [0.4, 0.5) is 11.6 Å². The van der Waals surface area contributed by atoms with E-state index in [4.69, 9.17) is 5.26 Å². The lowest BCUT2D eigenvalue weighted by Gasteiger charge is -2.31. The molecule has 102 valence electrons. The molecule has 0 unspecified atom stereocenters. The molecule has 0 saturated carbocycles. The Labute approximate surface area is 114 Å². The minimum absolute atomic E-state index is 0.511. The van der Waals surface area contributed by atoms with E-state index < -0.39 is 0 Å². The van der Waals surface area contributed by atoms with Gasteiger partial charge in [0.25, 0.3) is 0 Å². The molecule has 1 aromatic rings. The Morgan fingerprint density at radius 1 is 1.42 bits per heavy atom. The standard InChI is InChI=1S/C14H21N5/c1-12-4-8-19(9-5-12)14-10-13(16-11-17-14)18(2)7-3-6-15/h10-12H,3-5,7-9H2,1-2H3. The maximum atomic E-state index is 8.63. The number of hydrogen-bond donors (Lipinski definition) is 0. The van der Waals surface area contributed by atoms with Crippen molar-refractivity contribution >= 4 is 11.6 Å². The number of anilines is 2. The van der Waals surface area contributed by atoms with Crippen molar-refractivity contribution in [3.05, 3.63) is 12.4 Å². The maximum absolute atomic E-state index is 8.63. The summed E-state index contributed by atoms with van der Waals surface area (Å²) >= 11 is 0. The fraction of sp³-hybridized carbons (Fsp3) is 0.643. The number of piperidine rings is 1. The van der Waals surface area contributed by atoms with Gasteiger partial charge >= 0.3 is 0 Å². The molecule has 0 N–H and O–H groups in total. The summed E-state index contributed by atoms with van der Waals surface area (Å²) in [6, 6.07) is 4.18. The number of nitriles is 1. The summed E-state index contributed by atoms with van der Waals surface area (Å²) in [6.07, 6.45) is 4.58. The molecule has 0 aromatic carbocycles. The van der Waals surface area contributed by atoms with Crippen LogP contribution in [0.3, 0.4) is 0 Å². The zero-order valence-corrected chi connectivity index (χ0v) is 11.7. The van der Waals surface area contributed by atoms with Gasteiger partial charge in [0.05, 0.1) is 12.5 Å². The summed E-state index contributed by atoms with van der Waals surface area (Å²) in [5, 5.41) is 8.63. The van der Waals surface area contributed by atoms with E-state index >= 15 is 0 Å². The molecule has 1 fully saturated rings. The van der Waals surface area contributed by atoms with E-state index in [1.807, 2.05) is 18.0 Å². The SMILES string of the molecule is CC1CCN(c2cc(N(C)CCC#N)ncn2)CC1. The van der Waals surface area contributed by atoms with E-state index in [1.54, 1.807) is 6.33 Å². The third-order valence-corrected chi connectivity index (χ3v) is 3.70. The predicted molar refractivity (Wildman–Crippen MR) is 76.1 cm³/mol. The van der Waals surface area contributed by atoms with Gasteiger partial charge in [-0.05, 0) is 18.8 Å². The monoisotopic (exact) mass is 259 g/mol. The summed E-state index contributed by atoms with van der Waals surface area (Å²) < 4.78 is 0. The van der Waals surface area contributed by atoms with Gasteiger partial charge in [0.15, 0.2) is 0 Å². The van der Waals surface area contributed by atoms with E-state index in [9.17, 15) is 0 Å². The Hall–Kier alpha value is -1.83. The minimum Gasteiger partial charge on any atom is -0.358 e. The number of aromatic nitrogens is 2. The highest BCUT2D eigenvalue weighted by molar-refractivity contribution is 5.49. The molecule has 0 bridgehead atoms. The van der Waals surface area contributed by atoms with Gasteiger partial charge in [0.1, 0.15) is 18.0 Å². The van der Waals surface area contributed by atoms with Gasteiger partial charge < -0.3 is 9.80 Å². The highest BCUT2D eigenvalue weighted by Crippen LogP contribution is 2.23. The van der Waals surface area contributed by atoms with Crippen LogP contribution in [0, 0.1) is 17.2 Å². The zero-order chi connectivity index (χ0) is 13.7. The van der Waals surface area contributed by atoms with Gasteiger partial charge in [-0.2, -0.15) is 5.26 Å². The Morgan fingerprint density at radius 2 is 2.16 bits per heavy atom. The van der Waals surface area contributed by atoms with Crippen LogP contribution >= 0.6 is 0 Å². The molecular weight excluding hydrogens is 238 g/mol. The number of rotatable bonds is 4. The van der Waals surface area contributed by atoms with Crippen LogP contribution in [0.15, 0.2) is 12.4 Å². The molecule has 0 amide bonds. The molecule has 2 heterocycles. The third kappa shape index (κ3) is 3.57. The molecule has 5 nitrogen and oxygen atoms in total. The first-order chi connectivity index (χ1) is 9.20. The van der Waals surface area contributed by atoms with Crippen LogP contribution in [0.5, 0.6) is 0 Å². The molecule has 1 aliphatic heterocycles. The molecule has 5 heteroatoms. The Bertz CT molecular complexity index is 445. The third-order valence-electron chi connectivity index (χ3n) is 3.70. The second kappa shape index (κ2) is 6.37. The summed E-state index contributed by atoms with van der Waals surface area (Å²) in [5.41, 5.74) is 0. The molecule has 0 spiro atoms. The van der Waals surface area contributed by atoms with Gasteiger partial charge in [0.2, 0.25) is 0 Å². The summed E-state index contributed by atoms with van der Waals surface area (Å²) in [6.45, 7) is 5.14. The zero-order valence-electron chi connectivity index (χ0n) is 11.7. The first-order valence-corrected chi connectivity index (χ1v) is 6.86. The van der Waals surface area contributed by atoms with Gasteiger partial charge in [-0.25, -0.2) is 9.97 Å². The fourth-order valence-electron chi connectivity index (χ4n) is 2.29. The Morgan fingerprint density at radius 3 is 2.84 bits per heavy atom. The van der Waals surface area contributed by atoms with Gasteiger partial charge in [-0.1, -0.05) is 6.92 Å². The van der Waals surface area contributed by atoms with Gasteiger partial charge in [0, 0.05) is 32.7 Å². The molecule has 2 rings (SSSR count). The molecular formula is C14H21N5. The van der Waals surface area contributed by atoms with Crippen LogP contribution in [-0.2, 0) is 0 Å². The highest BCUT2D eigenvalue weighted by atomic mass is 15.2. The average Bonchev–Trinajstić information content (AvgIpc) is 2.45. The summed E-state index contributed by atoms with van der Waals surface area (Å²) in [5.74, 6) is 2.70. The highest BCUT2D eigenvalue weighted by Gasteiger charge is 2.17. The number of hydrogen-bond acceptors (Lipinski definition) is 5. The van der Waals surface area contributed by atoms with E-state index in [0.29, 0.717) is 13.0 Å². The average molecular weight is 259 g/mol. The first-order valence-electron chi connectivity index (χ1n) is 6.86. The van der Waals surface area contributed by atoms with Crippen molar-refractivity contribution < 1.29 is 0 Å². The molecule has 0 aliphatic carbocycles. The maximum Gasteiger partial charge on any atom is 0.134 e. The van der Waals surface area contributed by atoms with Crippen LogP contribution < -0.4 is 9.80 Å². The largest absolute Gasteiger partial charge is 0.358 e. The second-order valence-corrected chi connectivity index (χ2v) is 5.23. The van der Waals surface area contributed by atoms with E-state index in [0.717, 1.165) is 30.6 Å². The normalized spacial score (nSPS) is 16.2. The second-order valence-electron chi connectivity index (χ2n) is 5.23. The molecule has 1 aliphatic rings. The quantitative estimate of drug-likeness (QED) is 0.828. The van der Waals surface area contributed by atoms with Crippen LogP contribution in [0.2, 0.25) is 0 Å². The van der Waals surface area contributed by atoms with Crippen LogP contribution in [-0.4, -0.2) is 36.6 Å². The van der Waals surface area contributed by atoms with E-state index in [2.05, 4.69) is 27.9 Å². The van der Waals surface area contributed by atoms with Crippen molar-refractivity contribution in [1.29, 1.82) is 5.26 Å². The molecule has 0 radical (unpaired) electrons. The predicted octanol–water partition coefficient (Wildman–Crippen LogP) is 2.06. The first kappa shape index (κ1) is 13.6. The van der Waals surface area contributed by atoms with Gasteiger partial charge in [-0.3, -0.25) is 0 Å². The topological polar surface area (TPSA) is 56.0 Å². The van der Waals surface area contributed by atoms with Crippen LogP contribution in [0.1, 0.15) is 26.2 Å². The molecule has 1 aromatic heterocycles. The van der Waals surface area contributed by atoms with Crippen molar-refractivity contribution in [3.8, 4) is 6.07 Å². The van der Waals surface area contributed by atoms with E-state index in [1.165, 1.54) is 12.8 Å². The Balaban J connectivity index is 2.04. The fourth-order valence-corrected chi connectivity index (χ4v) is 2.29.